The molecule has 1 unspecified atom stereocenters. The van der Waals surface area contributed by atoms with Gasteiger partial charge in [-0.25, -0.2) is 4.98 Å². The Bertz CT molecular complexity index is 1030. The summed E-state index contributed by atoms with van der Waals surface area (Å²) < 4.78 is 6.15. The summed E-state index contributed by atoms with van der Waals surface area (Å²) in [5.41, 5.74) is 5.32. The van der Waals surface area contributed by atoms with Crippen molar-refractivity contribution in [1.82, 2.24) is 10.3 Å². The lowest BCUT2D eigenvalue weighted by molar-refractivity contribution is 0.164. The number of halogens is 1. The molecule has 29 heavy (non-hydrogen) atoms. The van der Waals surface area contributed by atoms with E-state index >= 15 is 0 Å². The number of nitrogens with zero attached hydrogens (tertiary/aromatic N) is 1. The van der Waals surface area contributed by atoms with Gasteiger partial charge in [-0.15, -0.1) is 0 Å². The zero-order valence-corrected chi connectivity index (χ0v) is 17.4. The molecule has 3 nitrogen and oxygen atoms in total. The first kappa shape index (κ1) is 18.7. The van der Waals surface area contributed by atoms with E-state index in [0.29, 0.717) is 5.88 Å². The van der Waals surface area contributed by atoms with Gasteiger partial charge in [0.2, 0.25) is 5.88 Å². The SMILES string of the molecule is Cc1cccnc1Oc1ccc2c(c1)C(C1(c3ccc(Cl)cc3)CCC1)NCC2. The van der Waals surface area contributed by atoms with Crippen molar-refractivity contribution < 1.29 is 4.74 Å². The topological polar surface area (TPSA) is 34.1 Å². The predicted molar refractivity (Wildman–Crippen MR) is 117 cm³/mol. The molecule has 0 radical (unpaired) electrons. The van der Waals surface area contributed by atoms with Crippen LogP contribution in [0, 0.1) is 6.92 Å². The van der Waals surface area contributed by atoms with Crippen LogP contribution in [0.15, 0.2) is 60.8 Å². The quantitative estimate of drug-likeness (QED) is 0.566. The van der Waals surface area contributed by atoms with E-state index in [0.717, 1.165) is 29.3 Å². The fourth-order valence-electron chi connectivity index (χ4n) is 4.86. The van der Waals surface area contributed by atoms with E-state index in [1.165, 1.54) is 36.0 Å². The summed E-state index contributed by atoms with van der Waals surface area (Å²) in [7, 11) is 0. The first-order valence-corrected chi connectivity index (χ1v) is 10.8. The highest BCUT2D eigenvalue weighted by molar-refractivity contribution is 6.30. The van der Waals surface area contributed by atoms with Gasteiger partial charge in [0, 0.05) is 28.2 Å². The number of ether oxygens (including phenoxy) is 1. The number of aryl methyl sites for hydroxylation is 1. The van der Waals surface area contributed by atoms with Gasteiger partial charge in [-0.1, -0.05) is 42.3 Å². The third-order valence-corrected chi connectivity index (χ3v) is 6.82. The second kappa shape index (κ2) is 7.47. The molecular formula is C25H25ClN2O. The van der Waals surface area contributed by atoms with Crippen LogP contribution in [0.4, 0.5) is 0 Å². The van der Waals surface area contributed by atoms with Crippen LogP contribution in [0.1, 0.15) is 47.6 Å². The minimum absolute atomic E-state index is 0.124. The van der Waals surface area contributed by atoms with Crippen LogP contribution in [-0.4, -0.2) is 11.5 Å². The number of hydrogen-bond donors (Lipinski definition) is 1. The summed E-state index contributed by atoms with van der Waals surface area (Å²) in [4.78, 5) is 4.39. The number of hydrogen-bond acceptors (Lipinski definition) is 3. The molecule has 2 aliphatic rings. The maximum absolute atomic E-state index is 6.16. The zero-order valence-electron chi connectivity index (χ0n) is 16.6. The Kier molecular flexibility index (Phi) is 4.81. The molecule has 1 aliphatic heterocycles. The fraction of sp³-hybridized carbons (Fsp3) is 0.320. The third-order valence-electron chi connectivity index (χ3n) is 6.56. The normalized spacial score (nSPS) is 19.9. The summed E-state index contributed by atoms with van der Waals surface area (Å²) in [6.07, 6.45) is 6.46. The van der Waals surface area contributed by atoms with Gasteiger partial charge in [-0.05, 0) is 79.8 Å². The van der Waals surface area contributed by atoms with Crippen molar-refractivity contribution in [2.24, 2.45) is 0 Å². The van der Waals surface area contributed by atoms with E-state index in [2.05, 4.69) is 40.6 Å². The molecule has 0 amide bonds. The van der Waals surface area contributed by atoms with Crippen molar-refractivity contribution in [3.63, 3.8) is 0 Å². The number of rotatable bonds is 4. The summed E-state index contributed by atoms with van der Waals surface area (Å²) in [6.45, 7) is 3.03. The lowest BCUT2D eigenvalue weighted by Gasteiger charge is -2.50. The number of fused-ring (bicyclic) bond motifs is 1. The molecule has 0 spiro atoms. The molecular weight excluding hydrogens is 380 g/mol. The number of nitrogens with one attached hydrogen (secondary N) is 1. The molecule has 4 heteroatoms. The summed E-state index contributed by atoms with van der Waals surface area (Å²) >= 11 is 6.16. The van der Waals surface area contributed by atoms with Gasteiger partial charge in [0.15, 0.2) is 0 Å². The van der Waals surface area contributed by atoms with Gasteiger partial charge in [0.05, 0.1) is 0 Å². The summed E-state index contributed by atoms with van der Waals surface area (Å²) in [6, 6.07) is 19.2. The predicted octanol–water partition coefficient (Wildman–Crippen LogP) is 6.14. The van der Waals surface area contributed by atoms with Gasteiger partial charge < -0.3 is 10.1 Å². The van der Waals surface area contributed by atoms with Crippen molar-refractivity contribution in [2.45, 2.75) is 44.1 Å². The summed E-state index contributed by atoms with van der Waals surface area (Å²) in [5.74, 6) is 1.52. The van der Waals surface area contributed by atoms with Crippen LogP contribution >= 0.6 is 11.6 Å². The molecule has 1 aromatic heterocycles. The lowest BCUT2D eigenvalue weighted by Crippen LogP contribution is -2.49. The van der Waals surface area contributed by atoms with Gasteiger partial charge in [0.25, 0.3) is 0 Å². The second-order valence-electron chi connectivity index (χ2n) is 8.24. The highest BCUT2D eigenvalue weighted by Crippen LogP contribution is 2.53. The van der Waals surface area contributed by atoms with Crippen molar-refractivity contribution in [3.8, 4) is 11.6 Å². The Balaban J connectivity index is 1.52. The van der Waals surface area contributed by atoms with E-state index in [9.17, 15) is 0 Å². The van der Waals surface area contributed by atoms with Crippen LogP contribution in [-0.2, 0) is 11.8 Å². The maximum atomic E-state index is 6.16. The minimum Gasteiger partial charge on any atom is -0.439 e. The van der Waals surface area contributed by atoms with Crippen molar-refractivity contribution in [1.29, 1.82) is 0 Å². The molecule has 2 aromatic carbocycles. The van der Waals surface area contributed by atoms with Gasteiger partial charge >= 0.3 is 0 Å². The number of benzene rings is 2. The van der Waals surface area contributed by atoms with Crippen molar-refractivity contribution >= 4 is 11.6 Å². The highest BCUT2D eigenvalue weighted by atomic mass is 35.5. The third kappa shape index (κ3) is 3.33. The molecule has 1 N–H and O–H groups in total. The van der Waals surface area contributed by atoms with E-state index in [1.54, 1.807) is 6.20 Å². The van der Waals surface area contributed by atoms with Gasteiger partial charge in [-0.2, -0.15) is 0 Å². The molecule has 5 rings (SSSR count). The minimum atomic E-state index is 0.124. The monoisotopic (exact) mass is 404 g/mol. The molecule has 2 heterocycles. The Morgan fingerprint density at radius 3 is 2.66 bits per heavy atom. The Morgan fingerprint density at radius 2 is 1.93 bits per heavy atom. The van der Waals surface area contributed by atoms with Gasteiger partial charge in [-0.3, -0.25) is 0 Å². The average Bonchev–Trinajstić information content (AvgIpc) is 2.70. The first-order chi connectivity index (χ1) is 14.2. The highest BCUT2D eigenvalue weighted by Gasteiger charge is 2.47. The van der Waals surface area contributed by atoms with Crippen LogP contribution in [0.25, 0.3) is 0 Å². The lowest BCUT2D eigenvalue weighted by atomic mass is 9.58. The molecule has 1 atom stereocenters. The Labute approximate surface area is 177 Å². The number of aromatic nitrogens is 1. The average molecular weight is 405 g/mol. The van der Waals surface area contributed by atoms with Gasteiger partial charge in [0.1, 0.15) is 5.75 Å². The van der Waals surface area contributed by atoms with Crippen molar-refractivity contribution in [3.05, 3.63) is 88.1 Å². The van der Waals surface area contributed by atoms with Crippen molar-refractivity contribution in [2.75, 3.05) is 6.54 Å². The van der Waals surface area contributed by atoms with Crippen LogP contribution in [0.2, 0.25) is 5.02 Å². The summed E-state index contributed by atoms with van der Waals surface area (Å²) in [5, 5.41) is 4.62. The second-order valence-corrected chi connectivity index (χ2v) is 8.68. The number of pyridine rings is 1. The van der Waals surface area contributed by atoms with Crippen LogP contribution in [0.3, 0.4) is 0 Å². The molecule has 1 fully saturated rings. The van der Waals surface area contributed by atoms with E-state index in [-0.39, 0.29) is 11.5 Å². The molecule has 1 saturated carbocycles. The van der Waals surface area contributed by atoms with Crippen LogP contribution < -0.4 is 10.1 Å². The van der Waals surface area contributed by atoms with E-state index < -0.39 is 0 Å². The maximum Gasteiger partial charge on any atom is 0.222 e. The van der Waals surface area contributed by atoms with E-state index in [4.69, 9.17) is 16.3 Å². The standard InChI is InChI=1S/C25H25ClN2O/c1-17-4-2-14-28-24(17)29-21-10-5-18-11-15-27-23(22(18)16-21)25(12-3-13-25)19-6-8-20(26)9-7-19/h2,4-10,14,16,23,27H,3,11-13,15H2,1H3. The van der Waals surface area contributed by atoms with E-state index in [1.807, 2.05) is 31.2 Å². The Morgan fingerprint density at radius 1 is 1.10 bits per heavy atom. The molecule has 0 saturated heterocycles. The first-order valence-electron chi connectivity index (χ1n) is 10.4. The Hall–Kier alpha value is -2.36. The molecule has 0 bridgehead atoms. The molecule has 3 aromatic rings. The van der Waals surface area contributed by atoms with Crippen LogP contribution in [0.5, 0.6) is 11.6 Å². The zero-order chi connectivity index (χ0) is 19.8. The molecule has 1 aliphatic carbocycles. The fourth-order valence-corrected chi connectivity index (χ4v) is 4.99. The smallest absolute Gasteiger partial charge is 0.222 e. The molecule has 148 valence electrons. The largest absolute Gasteiger partial charge is 0.439 e.